The van der Waals surface area contributed by atoms with Gasteiger partial charge in [-0.1, -0.05) is 18.9 Å². The van der Waals surface area contributed by atoms with E-state index in [9.17, 15) is 4.39 Å². The second-order valence-corrected chi connectivity index (χ2v) is 3.18. The molecule has 0 aliphatic rings. The lowest BCUT2D eigenvalue weighted by atomic mass is 10.1. The molecule has 0 heterocycles. The molecule has 0 spiro atoms. The number of hydrogen-bond acceptors (Lipinski definition) is 1. The molecule has 0 aliphatic carbocycles. The smallest absolute Gasteiger partial charge is 0.128 e. The zero-order valence-corrected chi connectivity index (χ0v) is 8.47. The van der Waals surface area contributed by atoms with Crippen molar-refractivity contribution in [3.8, 4) is 12.3 Å². The van der Waals surface area contributed by atoms with Crippen LogP contribution >= 0.6 is 0 Å². The molecular formula is C12H14FN. The van der Waals surface area contributed by atoms with E-state index in [0.717, 1.165) is 12.1 Å². The van der Waals surface area contributed by atoms with E-state index in [1.807, 2.05) is 13.0 Å². The fraction of sp³-hybridized carbons (Fsp3) is 0.333. The van der Waals surface area contributed by atoms with Crippen LogP contribution in [0.4, 0.5) is 10.1 Å². The van der Waals surface area contributed by atoms with Gasteiger partial charge in [0.1, 0.15) is 5.82 Å². The predicted molar refractivity (Wildman–Crippen MR) is 57.7 cm³/mol. The summed E-state index contributed by atoms with van der Waals surface area (Å²) in [5, 5.41) is 3.11. The van der Waals surface area contributed by atoms with Crippen molar-refractivity contribution >= 4 is 5.69 Å². The molecule has 2 heteroatoms. The molecule has 0 saturated heterocycles. The zero-order chi connectivity index (χ0) is 10.6. The van der Waals surface area contributed by atoms with Gasteiger partial charge in [-0.3, -0.25) is 0 Å². The normalized spacial score (nSPS) is 11.9. The van der Waals surface area contributed by atoms with Crippen LogP contribution in [-0.2, 0) is 0 Å². The predicted octanol–water partition coefficient (Wildman–Crippen LogP) is 2.96. The summed E-state index contributed by atoms with van der Waals surface area (Å²) in [6, 6.07) is 4.92. The van der Waals surface area contributed by atoms with Gasteiger partial charge in [0.05, 0.1) is 6.04 Å². The molecular weight excluding hydrogens is 177 g/mol. The highest BCUT2D eigenvalue weighted by Gasteiger charge is 2.06. The Morgan fingerprint density at radius 3 is 2.86 bits per heavy atom. The molecule has 0 bridgehead atoms. The molecule has 1 unspecified atom stereocenters. The lowest BCUT2D eigenvalue weighted by molar-refractivity contribution is 0.618. The highest BCUT2D eigenvalue weighted by molar-refractivity contribution is 5.52. The van der Waals surface area contributed by atoms with Crippen LogP contribution in [-0.4, -0.2) is 6.04 Å². The van der Waals surface area contributed by atoms with Crippen LogP contribution in [0.2, 0.25) is 0 Å². The third-order valence-corrected chi connectivity index (χ3v) is 2.21. The average Bonchev–Trinajstić information content (AvgIpc) is 2.20. The molecule has 0 amide bonds. The first-order valence-electron chi connectivity index (χ1n) is 4.66. The standard InChI is InChI=1S/C12H14FN/c1-4-10(5-2)14-12-8-6-7-11(13)9(12)3/h1,6-8,10,14H,5H2,2-3H3. The van der Waals surface area contributed by atoms with Crippen molar-refractivity contribution in [3.63, 3.8) is 0 Å². The van der Waals surface area contributed by atoms with E-state index < -0.39 is 0 Å². The average molecular weight is 191 g/mol. The van der Waals surface area contributed by atoms with Crippen LogP contribution < -0.4 is 5.32 Å². The Balaban J connectivity index is 2.87. The molecule has 0 aromatic heterocycles. The molecule has 0 aliphatic heterocycles. The van der Waals surface area contributed by atoms with Gasteiger partial charge in [0, 0.05) is 11.3 Å². The first kappa shape index (κ1) is 10.6. The third-order valence-electron chi connectivity index (χ3n) is 2.21. The molecule has 14 heavy (non-hydrogen) atoms. The van der Waals surface area contributed by atoms with E-state index in [0.29, 0.717) is 5.56 Å². The summed E-state index contributed by atoms with van der Waals surface area (Å²) in [7, 11) is 0. The van der Waals surface area contributed by atoms with Crippen molar-refractivity contribution < 1.29 is 4.39 Å². The fourth-order valence-electron chi connectivity index (χ4n) is 1.21. The molecule has 74 valence electrons. The molecule has 1 rings (SSSR count). The summed E-state index contributed by atoms with van der Waals surface area (Å²) >= 11 is 0. The van der Waals surface area contributed by atoms with Crippen molar-refractivity contribution in [2.45, 2.75) is 26.3 Å². The molecule has 1 atom stereocenters. The molecule has 1 nitrogen and oxygen atoms in total. The first-order valence-corrected chi connectivity index (χ1v) is 4.66. The first-order chi connectivity index (χ1) is 6.69. The van der Waals surface area contributed by atoms with E-state index >= 15 is 0 Å². The summed E-state index contributed by atoms with van der Waals surface area (Å²) in [4.78, 5) is 0. The minimum atomic E-state index is -0.207. The van der Waals surface area contributed by atoms with Gasteiger partial charge < -0.3 is 5.32 Å². The van der Waals surface area contributed by atoms with E-state index in [2.05, 4.69) is 11.2 Å². The molecule has 0 saturated carbocycles. The molecule has 1 aromatic rings. The van der Waals surface area contributed by atoms with Gasteiger partial charge in [-0.15, -0.1) is 6.42 Å². The van der Waals surface area contributed by atoms with Crippen molar-refractivity contribution in [1.82, 2.24) is 0 Å². The maximum Gasteiger partial charge on any atom is 0.128 e. The third kappa shape index (κ3) is 2.26. The molecule has 0 fully saturated rings. The van der Waals surface area contributed by atoms with Crippen LogP contribution in [0, 0.1) is 25.1 Å². The summed E-state index contributed by atoms with van der Waals surface area (Å²) in [6.07, 6.45) is 6.14. The molecule has 1 aromatic carbocycles. The van der Waals surface area contributed by atoms with E-state index in [1.165, 1.54) is 6.07 Å². The summed E-state index contributed by atoms with van der Waals surface area (Å²) in [6.45, 7) is 3.73. The monoisotopic (exact) mass is 191 g/mol. The number of halogens is 1. The van der Waals surface area contributed by atoms with E-state index in [-0.39, 0.29) is 11.9 Å². The van der Waals surface area contributed by atoms with Gasteiger partial charge >= 0.3 is 0 Å². The Labute approximate surface area is 84.3 Å². The lowest BCUT2D eigenvalue weighted by Crippen LogP contribution is -2.16. The topological polar surface area (TPSA) is 12.0 Å². The second-order valence-electron chi connectivity index (χ2n) is 3.18. The summed E-state index contributed by atoms with van der Waals surface area (Å²) in [5.41, 5.74) is 1.39. The van der Waals surface area contributed by atoms with Crippen LogP contribution in [0.25, 0.3) is 0 Å². The number of rotatable bonds is 3. The number of terminal acetylenes is 1. The highest BCUT2D eigenvalue weighted by Crippen LogP contribution is 2.18. The quantitative estimate of drug-likeness (QED) is 0.724. The van der Waals surface area contributed by atoms with E-state index in [4.69, 9.17) is 6.42 Å². The Morgan fingerprint density at radius 1 is 1.57 bits per heavy atom. The Morgan fingerprint density at radius 2 is 2.29 bits per heavy atom. The SMILES string of the molecule is C#CC(CC)Nc1cccc(F)c1C. The maximum absolute atomic E-state index is 13.1. The van der Waals surface area contributed by atoms with Gasteiger partial charge in [-0.2, -0.15) is 0 Å². The number of hydrogen-bond donors (Lipinski definition) is 1. The maximum atomic E-state index is 13.1. The van der Waals surface area contributed by atoms with Crippen LogP contribution in [0.3, 0.4) is 0 Å². The van der Waals surface area contributed by atoms with Crippen molar-refractivity contribution in [2.24, 2.45) is 0 Å². The highest BCUT2D eigenvalue weighted by atomic mass is 19.1. The lowest BCUT2D eigenvalue weighted by Gasteiger charge is -2.14. The van der Waals surface area contributed by atoms with Gasteiger partial charge in [-0.25, -0.2) is 4.39 Å². The minimum absolute atomic E-state index is 0.0319. The Kier molecular flexibility index (Phi) is 3.53. The van der Waals surface area contributed by atoms with Gasteiger partial charge in [0.15, 0.2) is 0 Å². The van der Waals surface area contributed by atoms with Crippen LogP contribution in [0.15, 0.2) is 18.2 Å². The van der Waals surface area contributed by atoms with Crippen LogP contribution in [0.1, 0.15) is 18.9 Å². The summed E-state index contributed by atoms with van der Waals surface area (Å²) in [5.74, 6) is 2.41. The van der Waals surface area contributed by atoms with Gasteiger partial charge in [-0.05, 0) is 25.5 Å². The van der Waals surface area contributed by atoms with Crippen molar-refractivity contribution in [2.75, 3.05) is 5.32 Å². The van der Waals surface area contributed by atoms with Gasteiger partial charge in [0.25, 0.3) is 0 Å². The molecule has 0 radical (unpaired) electrons. The second kappa shape index (κ2) is 4.66. The zero-order valence-electron chi connectivity index (χ0n) is 8.47. The molecule has 1 N–H and O–H groups in total. The number of anilines is 1. The van der Waals surface area contributed by atoms with Crippen molar-refractivity contribution in [3.05, 3.63) is 29.6 Å². The Hall–Kier alpha value is -1.49. The van der Waals surface area contributed by atoms with Gasteiger partial charge in [0.2, 0.25) is 0 Å². The number of benzene rings is 1. The fourth-order valence-corrected chi connectivity index (χ4v) is 1.21. The largest absolute Gasteiger partial charge is 0.371 e. The minimum Gasteiger partial charge on any atom is -0.371 e. The van der Waals surface area contributed by atoms with Crippen LogP contribution in [0.5, 0.6) is 0 Å². The number of nitrogens with one attached hydrogen (secondary N) is 1. The summed E-state index contributed by atoms with van der Waals surface area (Å²) < 4.78 is 13.1. The Bertz CT molecular complexity index is 352. The van der Waals surface area contributed by atoms with E-state index in [1.54, 1.807) is 13.0 Å². The van der Waals surface area contributed by atoms with Crippen molar-refractivity contribution in [1.29, 1.82) is 0 Å².